The minimum absolute atomic E-state index is 0.0692. The Morgan fingerprint density at radius 1 is 1.27 bits per heavy atom. The number of benzene rings is 1. The highest BCUT2D eigenvalue weighted by Crippen LogP contribution is 2.44. The maximum Gasteiger partial charge on any atom is 0.308 e. The molecule has 2 fully saturated rings. The van der Waals surface area contributed by atoms with E-state index >= 15 is 0 Å². The number of aromatic nitrogens is 2. The summed E-state index contributed by atoms with van der Waals surface area (Å²) in [6.45, 7) is 2.63. The summed E-state index contributed by atoms with van der Waals surface area (Å²) in [6, 6.07) is 7.28. The molecule has 2 atom stereocenters. The Morgan fingerprint density at radius 3 is 2.69 bits per heavy atom. The molecule has 0 bridgehead atoms. The van der Waals surface area contributed by atoms with Gasteiger partial charge >= 0.3 is 5.97 Å². The van der Waals surface area contributed by atoms with Crippen molar-refractivity contribution in [2.75, 3.05) is 13.1 Å². The summed E-state index contributed by atoms with van der Waals surface area (Å²) in [5.41, 5.74) is 2.01. The first-order valence-corrected chi connectivity index (χ1v) is 9.16. The second-order valence-corrected chi connectivity index (χ2v) is 7.63. The van der Waals surface area contributed by atoms with E-state index in [1.54, 1.807) is 27.9 Å². The smallest absolute Gasteiger partial charge is 0.308 e. The lowest BCUT2D eigenvalue weighted by atomic mass is 9.92. The molecule has 0 radical (unpaired) electrons. The monoisotopic (exact) mass is 373 g/mol. The topological polar surface area (TPSA) is 75.4 Å². The third-order valence-electron chi connectivity index (χ3n) is 5.49. The Kier molecular flexibility index (Phi) is 4.23. The molecule has 2 heterocycles. The average molecular weight is 374 g/mol. The van der Waals surface area contributed by atoms with Gasteiger partial charge in [-0.15, -0.1) is 0 Å². The second-order valence-electron chi connectivity index (χ2n) is 7.19. The zero-order chi connectivity index (χ0) is 18.4. The van der Waals surface area contributed by atoms with Gasteiger partial charge in [-0.2, -0.15) is 5.10 Å². The molecule has 1 saturated carbocycles. The molecule has 4 rings (SSSR count). The van der Waals surface area contributed by atoms with Gasteiger partial charge in [0.2, 0.25) is 0 Å². The van der Waals surface area contributed by atoms with Crippen molar-refractivity contribution in [3.05, 3.63) is 46.7 Å². The lowest BCUT2D eigenvalue weighted by Gasteiger charge is -2.16. The van der Waals surface area contributed by atoms with Crippen LogP contribution in [0.2, 0.25) is 5.02 Å². The fourth-order valence-corrected chi connectivity index (χ4v) is 4.10. The molecule has 2 aliphatic rings. The number of carbonyl (C=O) groups is 2. The number of halogens is 1. The van der Waals surface area contributed by atoms with E-state index in [-0.39, 0.29) is 18.4 Å². The Balaban J connectivity index is 1.58. The number of rotatable bonds is 4. The van der Waals surface area contributed by atoms with Gasteiger partial charge in [0.25, 0.3) is 5.91 Å². The highest BCUT2D eigenvalue weighted by atomic mass is 35.5. The van der Waals surface area contributed by atoms with Crippen LogP contribution in [0.3, 0.4) is 0 Å². The summed E-state index contributed by atoms with van der Waals surface area (Å²) in [4.78, 5) is 26.2. The van der Waals surface area contributed by atoms with Gasteiger partial charge in [-0.3, -0.25) is 9.59 Å². The van der Waals surface area contributed by atoms with E-state index in [1.807, 2.05) is 19.1 Å². The summed E-state index contributed by atoms with van der Waals surface area (Å²) in [5.74, 6) is -0.896. The van der Waals surface area contributed by atoms with Crippen molar-refractivity contribution in [3.63, 3.8) is 0 Å². The Labute approximate surface area is 156 Å². The van der Waals surface area contributed by atoms with Crippen molar-refractivity contribution in [1.29, 1.82) is 0 Å². The molecule has 26 heavy (non-hydrogen) atoms. The molecule has 0 spiro atoms. The van der Waals surface area contributed by atoms with Crippen molar-refractivity contribution in [2.24, 2.45) is 17.8 Å². The number of hydrogen-bond donors (Lipinski definition) is 1. The molecular weight excluding hydrogens is 354 g/mol. The highest BCUT2D eigenvalue weighted by Gasteiger charge is 2.47. The number of amides is 1. The van der Waals surface area contributed by atoms with Crippen LogP contribution in [0, 0.1) is 24.7 Å². The van der Waals surface area contributed by atoms with E-state index in [0.717, 1.165) is 24.2 Å². The minimum Gasteiger partial charge on any atom is -0.481 e. The molecule has 1 aromatic carbocycles. The molecule has 1 aliphatic carbocycles. The molecular formula is C19H20ClN3O3. The van der Waals surface area contributed by atoms with Gasteiger partial charge in [-0.25, -0.2) is 4.68 Å². The van der Waals surface area contributed by atoms with Crippen LogP contribution >= 0.6 is 11.6 Å². The van der Waals surface area contributed by atoms with Crippen molar-refractivity contribution in [1.82, 2.24) is 14.7 Å². The van der Waals surface area contributed by atoms with Gasteiger partial charge in [0, 0.05) is 18.1 Å². The van der Waals surface area contributed by atoms with Gasteiger partial charge in [-0.1, -0.05) is 17.7 Å². The van der Waals surface area contributed by atoms with E-state index in [4.69, 9.17) is 11.6 Å². The van der Waals surface area contributed by atoms with Crippen LogP contribution in [0.1, 0.15) is 28.9 Å². The molecule has 136 valence electrons. The van der Waals surface area contributed by atoms with Crippen LogP contribution in [0.25, 0.3) is 5.69 Å². The normalized spacial score (nSPS) is 22.6. The maximum atomic E-state index is 13.0. The quantitative estimate of drug-likeness (QED) is 0.893. The van der Waals surface area contributed by atoms with Crippen LogP contribution in [0.4, 0.5) is 0 Å². The Bertz CT molecular complexity index is 875. The Morgan fingerprint density at radius 2 is 2.04 bits per heavy atom. The number of carboxylic acid groups (broad SMARTS) is 1. The number of nitrogens with zero attached hydrogens (tertiary/aromatic N) is 3. The molecule has 1 N–H and O–H groups in total. The van der Waals surface area contributed by atoms with Gasteiger partial charge in [-0.05, 0) is 49.8 Å². The fourth-order valence-electron chi connectivity index (χ4n) is 3.92. The summed E-state index contributed by atoms with van der Waals surface area (Å²) < 4.78 is 1.68. The van der Waals surface area contributed by atoms with Gasteiger partial charge < -0.3 is 10.0 Å². The zero-order valence-corrected chi connectivity index (χ0v) is 15.2. The standard InChI is InChI=1S/C19H20ClN3O3/c1-11-15(8-21-23(11)14-4-2-3-13(20)7-14)18(24)22-9-16(12-5-6-12)17(10-22)19(25)26/h2-4,7-8,12,16-17H,5-6,9-10H2,1H3,(H,25,26)/t16-,17+/m1/s1. The van der Waals surface area contributed by atoms with E-state index < -0.39 is 11.9 Å². The van der Waals surface area contributed by atoms with Crippen LogP contribution in [0.5, 0.6) is 0 Å². The maximum absolute atomic E-state index is 13.0. The van der Waals surface area contributed by atoms with E-state index in [1.165, 1.54) is 0 Å². The minimum atomic E-state index is -0.802. The molecule has 1 amide bonds. The summed E-state index contributed by atoms with van der Waals surface area (Å²) >= 11 is 6.05. The van der Waals surface area contributed by atoms with Crippen LogP contribution in [0.15, 0.2) is 30.5 Å². The van der Waals surface area contributed by atoms with Crippen LogP contribution in [-0.4, -0.2) is 44.8 Å². The predicted octanol–water partition coefficient (Wildman–Crippen LogP) is 3.02. The van der Waals surface area contributed by atoms with E-state index in [0.29, 0.717) is 23.0 Å². The van der Waals surface area contributed by atoms with Crippen molar-refractivity contribution >= 4 is 23.5 Å². The highest BCUT2D eigenvalue weighted by molar-refractivity contribution is 6.30. The molecule has 6 nitrogen and oxygen atoms in total. The number of carboxylic acids is 1. The van der Waals surface area contributed by atoms with E-state index in [9.17, 15) is 14.7 Å². The summed E-state index contributed by atoms with van der Waals surface area (Å²) in [6.07, 6.45) is 3.70. The largest absolute Gasteiger partial charge is 0.481 e. The third kappa shape index (κ3) is 2.98. The first kappa shape index (κ1) is 17.1. The predicted molar refractivity (Wildman–Crippen MR) is 96.6 cm³/mol. The van der Waals surface area contributed by atoms with Gasteiger partial charge in [0.1, 0.15) is 0 Å². The molecule has 1 saturated heterocycles. The number of carbonyl (C=O) groups excluding carboxylic acids is 1. The summed E-state index contributed by atoms with van der Waals surface area (Å²) in [5, 5.41) is 14.4. The van der Waals surface area contributed by atoms with E-state index in [2.05, 4.69) is 5.10 Å². The number of likely N-dealkylation sites (tertiary alicyclic amines) is 1. The SMILES string of the molecule is Cc1c(C(=O)N2C[C@H](C(=O)O)[C@@H](C3CC3)C2)cnn1-c1cccc(Cl)c1. The lowest BCUT2D eigenvalue weighted by Crippen LogP contribution is -2.30. The number of aliphatic carboxylic acids is 1. The molecule has 2 aromatic rings. The molecule has 0 unspecified atom stereocenters. The fraction of sp³-hybridized carbons (Fsp3) is 0.421. The van der Waals surface area contributed by atoms with Crippen LogP contribution < -0.4 is 0 Å². The molecule has 7 heteroatoms. The molecule has 1 aromatic heterocycles. The third-order valence-corrected chi connectivity index (χ3v) is 5.73. The Hall–Kier alpha value is -2.34. The van der Waals surface area contributed by atoms with Crippen molar-refractivity contribution in [2.45, 2.75) is 19.8 Å². The first-order valence-electron chi connectivity index (χ1n) is 8.78. The van der Waals surface area contributed by atoms with Crippen LogP contribution in [-0.2, 0) is 4.79 Å². The first-order chi connectivity index (χ1) is 12.5. The number of hydrogen-bond acceptors (Lipinski definition) is 3. The lowest BCUT2D eigenvalue weighted by molar-refractivity contribution is -0.142. The average Bonchev–Trinajstić information content (AvgIpc) is 3.23. The second kappa shape index (κ2) is 6.43. The van der Waals surface area contributed by atoms with Crippen molar-refractivity contribution < 1.29 is 14.7 Å². The van der Waals surface area contributed by atoms with Crippen molar-refractivity contribution in [3.8, 4) is 5.69 Å². The van der Waals surface area contributed by atoms with Gasteiger partial charge in [0.15, 0.2) is 0 Å². The van der Waals surface area contributed by atoms with Gasteiger partial charge in [0.05, 0.1) is 29.1 Å². The molecule has 1 aliphatic heterocycles. The summed E-state index contributed by atoms with van der Waals surface area (Å²) in [7, 11) is 0. The zero-order valence-electron chi connectivity index (χ0n) is 14.4.